The molecule has 1 aromatic heterocycles. The lowest BCUT2D eigenvalue weighted by molar-refractivity contribution is -0.659. The summed E-state index contributed by atoms with van der Waals surface area (Å²) in [5, 5.41) is 0. The predicted octanol–water partition coefficient (Wildman–Crippen LogP) is 2.28. The van der Waals surface area contributed by atoms with Crippen molar-refractivity contribution in [1.29, 1.82) is 0 Å². The van der Waals surface area contributed by atoms with E-state index in [9.17, 15) is 0 Å². The van der Waals surface area contributed by atoms with Gasteiger partial charge in [0.05, 0.1) is 19.3 Å². The molecule has 2 heterocycles. The van der Waals surface area contributed by atoms with Crippen molar-refractivity contribution in [3.63, 3.8) is 0 Å². The van der Waals surface area contributed by atoms with E-state index in [4.69, 9.17) is 0 Å². The van der Waals surface area contributed by atoms with Crippen molar-refractivity contribution in [3.8, 4) is 0 Å². The topological polar surface area (TPSA) is 7.12 Å². The summed E-state index contributed by atoms with van der Waals surface area (Å²) in [6.07, 6.45) is 6.31. The Hall–Kier alpha value is -1.05. The van der Waals surface area contributed by atoms with Crippen LogP contribution in [0.3, 0.4) is 0 Å². The first kappa shape index (κ1) is 10.1. The summed E-state index contributed by atoms with van der Waals surface area (Å²) in [4.78, 5) is 2.65. The summed E-state index contributed by atoms with van der Waals surface area (Å²) >= 11 is 0. The smallest absolute Gasteiger partial charge is 0.254 e. The SMILES string of the molecule is CC1C2CCC(C)(C2)N1c1cccc[n+]1C. The first-order valence-corrected chi connectivity index (χ1v) is 6.36. The molecular weight excluding hydrogens is 196 g/mol. The van der Waals surface area contributed by atoms with Gasteiger partial charge in [0, 0.05) is 12.0 Å². The van der Waals surface area contributed by atoms with Crippen molar-refractivity contribution in [3.05, 3.63) is 24.4 Å². The first-order valence-electron chi connectivity index (χ1n) is 6.36. The largest absolute Gasteiger partial charge is 0.276 e. The number of rotatable bonds is 1. The molecule has 0 amide bonds. The minimum atomic E-state index is 0.406. The molecule has 0 N–H and O–H groups in total. The van der Waals surface area contributed by atoms with Crippen molar-refractivity contribution >= 4 is 5.82 Å². The van der Waals surface area contributed by atoms with E-state index in [2.05, 4.69) is 54.8 Å². The number of nitrogens with zero attached hydrogens (tertiary/aromatic N) is 2. The molecular formula is C14H21N2+. The molecule has 1 saturated heterocycles. The van der Waals surface area contributed by atoms with Crippen LogP contribution in [0.15, 0.2) is 24.4 Å². The van der Waals surface area contributed by atoms with Crippen molar-refractivity contribution in [1.82, 2.24) is 0 Å². The van der Waals surface area contributed by atoms with E-state index >= 15 is 0 Å². The Kier molecular flexibility index (Phi) is 2.04. The van der Waals surface area contributed by atoms with E-state index in [0.717, 1.165) is 5.92 Å². The van der Waals surface area contributed by atoms with E-state index in [1.54, 1.807) is 0 Å². The average Bonchev–Trinajstić information content (AvgIpc) is 2.74. The van der Waals surface area contributed by atoms with Gasteiger partial charge in [-0.1, -0.05) is 6.07 Å². The predicted molar refractivity (Wildman–Crippen MR) is 65.3 cm³/mol. The molecule has 2 bridgehead atoms. The van der Waals surface area contributed by atoms with Crippen LogP contribution in [-0.2, 0) is 7.05 Å². The highest BCUT2D eigenvalue weighted by atomic mass is 15.3. The van der Waals surface area contributed by atoms with Gasteiger partial charge in [-0.3, -0.25) is 4.90 Å². The molecule has 0 aromatic carbocycles. The third-order valence-corrected chi connectivity index (χ3v) is 4.70. The van der Waals surface area contributed by atoms with Crippen molar-refractivity contribution in [2.24, 2.45) is 13.0 Å². The second-order valence-corrected chi connectivity index (χ2v) is 5.78. The van der Waals surface area contributed by atoms with Crippen molar-refractivity contribution < 1.29 is 4.57 Å². The first-order chi connectivity index (χ1) is 7.62. The van der Waals surface area contributed by atoms with Gasteiger partial charge in [0.1, 0.15) is 5.54 Å². The summed E-state index contributed by atoms with van der Waals surface area (Å²) in [6.45, 7) is 4.82. The Morgan fingerprint density at radius 3 is 2.88 bits per heavy atom. The number of aryl methyl sites for hydroxylation is 1. The second kappa shape index (κ2) is 3.22. The Morgan fingerprint density at radius 2 is 2.25 bits per heavy atom. The van der Waals surface area contributed by atoms with Gasteiger partial charge in [0.25, 0.3) is 5.82 Å². The van der Waals surface area contributed by atoms with Crippen LogP contribution in [0, 0.1) is 5.92 Å². The zero-order valence-corrected chi connectivity index (χ0v) is 10.5. The lowest BCUT2D eigenvalue weighted by Gasteiger charge is -2.35. The zero-order valence-electron chi connectivity index (χ0n) is 10.5. The van der Waals surface area contributed by atoms with Crippen LogP contribution >= 0.6 is 0 Å². The second-order valence-electron chi connectivity index (χ2n) is 5.78. The van der Waals surface area contributed by atoms with Crippen molar-refractivity contribution in [2.75, 3.05) is 4.90 Å². The van der Waals surface area contributed by atoms with Crippen LogP contribution in [0.2, 0.25) is 0 Å². The fraction of sp³-hybridized carbons (Fsp3) is 0.643. The summed E-state index contributed by atoms with van der Waals surface area (Å²) in [7, 11) is 2.15. The number of fused-ring (bicyclic) bond motifs is 2. The lowest BCUT2D eigenvalue weighted by atomic mass is 9.97. The summed E-state index contributed by atoms with van der Waals surface area (Å²) in [5.41, 5.74) is 0.406. The lowest BCUT2D eigenvalue weighted by Crippen LogP contribution is -2.52. The molecule has 2 aliphatic rings. The minimum Gasteiger partial charge on any atom is -0.254 e. The van der Waals surface area contributed by atoms with Crippen LogP contribution in [0.1, 0.15) is 33.1 Å². The maximum absolute atomic E-state index is 2.65. The standard InChI is InChI=1S/C14H21N2/c1-11-12-7-8-14(2,10-12)16(11)13-6-4-5-9-15(13)3/h4-6,9,11-12H,7-8,10H2,1-3H3/q+1. The molecule has 3 unspecified atom stereocenters. The Balaban J connectivity index is 2.05. The molecule has 0 radical (unpaired) electrons. The molecule has 0 spiro atoms. The third-order valence-electron chi connectivity index (χ3n) is 4.70. The quantitative estimate of drug-likeness (QED) is 0.655. The van der Waals surface area contributed by atoms with Crippen LogP contribution in [0.25, 0.3) is 0 Å². The summed E-state index contributed by atoms with van der Waals surface area (Å²) in [5.74, 6) is 2.28. The van der Waals surface area contributed by atoms with Gasteiger partial charge in [0.15, 0.2) is 0 Å². The van der Waals surface area contributed by atoms with Gasteiger partial charge in [-0.05, 0) is 39.2 Å². The van der Waals surface area contributed by atoms with Gasteiger partial charge < -0.3 is 0 Å². The van der Waals surface area contributed by atoms with E-state index in [1.165, 1.54) is 25.1 Å². The zero-order chi connectivity index (χ0) is 11.3. The van der Waals surface area contributed by atoms with E-state index in [1.807, 2.05) is 0 Å². The molecule has 1 aliphatic heterocycles. The molecule has 3 atom stereocenters. The molecule has 3 rings (SSSR count). The van der Waals surface area contributed by atoms with Gasteiger partial charge >= 0.3 is 0 Å². The Bertz CT molecular complexity index is 415. The Morgan fingerprint density at radius 1 is 1.44 bits per heavy atom. The summed E-state index contributed by atoms with van der Waals surface area (Å²) < 4.78 is 2.25. The summed E-state index contributed by atoms with van der Waals surface area (Å²) in [6, 6.07) is 7.21. The number of aromatic nitrogens is 1. The molecule has 1 saturated carbocycles. The van der Waals surface area contributed by atoms with Crippen LogP contribution < -0.4 is 9.47 Å². The van der Waals surface area contributed by atoms with Crippen LogP contribution in [0.4, 0.5) is 5.82 Å². The van der Waals surface area contributed by atoms with E-state index in [-0.39, 0.29) is 0 Å². The molecule has 2 heteroatoms. The van der Waals surface area contributed by atoms with Crippen LogP contribution in [0.5, 0.6) is 0 Å². The molecule has 16 heavy (non-hydrogen) atoms. The number of hydrogen-bond acceptors (Lipinski definition) is 1. The van der Waals surface area contributed by atoms with Crippen LogP contribution in [-0.4, -0.2) is 11.6 Å². The molecule has 1 aliphatic carbocycles. The average molecular weight is 217 g/mol. The fourth-order valence-corrected chi connectivity index (χ4v) is 3.85. The molecule has 2 fully saturated rings. The monoisotopic (exact) mass is 217 g/mol. The van der Waals surface area contributed by atoms with Gasteiger partial charge in [-0.15, -0.1) is 0 Å². The number of anilines is 1. The number of hydrogen-bond donors (Lipinski definition) is 0. The highest BCUT2D eigenvalue weighted by Gasteiger charge is 2.57. The van der Waals surface area contributed by atoms with Crippen molar-refractivity contribution in [2.45, 2.75) is 44.7 Å². The maximum Gasteiger partial charge on any atom is 0.276 e. The minimum absolute atomic E-state index is 0.406. The third kappa shape index (κ3) is 1.22. The molecule has 86 valence electrons. The normalized spacial score (nSPS) is 37.1. The van der Waals surface area contributed by atoms with Gasteiger partial charge in [0.2, 0.25) is 0 Å². The fourth-order valence-electron chi connectivity index (χ4n) is 3.85. The van der Waals surface area contributed by atoms with E-state index in [0.29, 0.717) is 11.6 Å². The van der Waals surface area contributed by atoms with E-state index < -0.39 is 0 Å². The number of piperidine rings is 1. The maximum atomic E-state index is 2.65. The highest BCUT2D eigenvalue weighted by Crippen LogP contribution is 2.50. The molecule has 1 aromatic rings. The van der Waals surface area contributed by atoms with Gasteiger partial charge in [-0.25, -0.2) is 4.57 Å². The highest BCUT2D eigenvalue weighted by molar-refractivity contribution is 5.43. The Labute approximate surface area is 97.9 Å². The number of pyridine rings is 1. The molecule has 2 nitrogen and oxygen atoms in total. The van der Waals surface area contributed by atoms with Gasteiger partial charge in [-0.2, -0.15) is 0 Å².